The third-order valence-corrected chi connectivity index (χ3v) is 5.06. The number of aromatic hydroxyl groups is 1. The minimum Gasteiger partial charge on any atom is -0.504 e. The summed E-state index contributed by atoms with van der Waals surface area (Å²) in [5.41, 5.74) is 0.458. The fourth-order valence-electron chi connectivity index (χ4n) is 2.91. The van der Waals surface area contributed by atoms with Crippen LogP contribution in [0.4, 0.5) is 0 Å². The van der Waals surface area contributed by atoms with Gasteiger partial charge in [0.15, 0.2) is 11.5 Å². The first-order valence-corrected chi connectivity index (χ1v) is 8.49. The zero-order valence-electron chi connectivity index (χ0n) is 12.3. The van der Waals surface area contributed by atoms with Crippen molar-refractivity contribution < 1.29 is 14.6 Å². The number of hydrogen-bond acceptors (Lipinski definition) is 3. The summed E-state index contributed by atoms with van der Waals surface area (Å²) in [5.74, 6) is 1.39. The molecule has 4 nitrogen and oxygen atoms in total. The van der Waals surface area contributed by atoms with Gasteiger partial charge in [0.2, 0.25) is 0 Å². The molecule has 2 atom stereocenters. The molecular formula is C16H22BrNO3. The highest BCUT2D eigenvalue weighted by Crippen LogP contribution is 2.31. The Kier molecular flexibility index (Phi) is 5.91. The smallest absolute Gasteiger partial charge is 0.251 e. The first-order chi connectivity index (χ1) is 10.2. The van der Waals surface area contributed by atoms with Crippen molar-refractivity contribution in [2.45, 2.75) is 25.7 Å². The fraction of sp³-hybridized carbons (Fsp3) is 0.562. The SMILES string of the molecule is COc1ccc(C(=O)NCC2CCCCC2CBr)cc1O. The largest absolute Gasteiger partial charge is 0.504 e. The van der Waals surface area contributed by atoms with Crippen molar-refractivity contribution in [1.82, 2.24) is 5.32 Å². The van der Waals surface area contributed by atoms with Gasteiger partial charge in [0.25, 0.3) is 5.91 Å². The number of phenols is 1. The average Bonchev–Trinajstić information content (AvgIpc) is 2.52. The fourth-order valence-corrected chi connectivity index (χ4v) is 3.77. The van der Waals surface area contributed by atoms with Gasteiger partial charge in [-0.2, -0.15) is 0 Å². The van der Waals surface area contributed by atoms with E-state index in [9.17, 15) is 9.90 Å². The number of alkyl halides is 1. The molecule has 1 aliphatic rings. The Balaban J connectivity index is 1.93. The van der Waals surface area contributed by atoms with E-state index in [-0.39, 0.29) is 11.7 Å². The van der Waals surface area contributed by atoms with Crippen molar-refractivity contribution in [3.05, 3.63) is 23.8 Å². The molecular weight excluding hydrogens is 334 g/mol. The Morgan fingerprint density at radius 1 is 1.38 bits per heavy atom. The van der Waals surface area contributed by atoms with Gasteiger partial charge in [-0.15, -0.1) is 0 Å². The number of phenolic OH excluding ortho intramolecular Hbond substituents is 1. The second kappa shape index (κ2) is 7.69. The van der Waals surface area contributed by atoms with Crippen molar-refractivity contribution in [3.63, 3.8) is 0 Å². The second-order valence-corrected chi connectivity index (χ2v) is 6.20. The van der Waals surface area contributed by atoms with E-state index in [1.54, 1.807) is 12.1 Å². The monoisotopic (exact) mass is 355 g/mol. The number of methoxy groups -OCH3 is 1. The Morgan fingerprint density at radius 3 is 2.71 bits per heavy atom. The average molecular weight is 356 g/mol. The van der Waals surface area contributed by atoms with E-state index in [4.69, 9.17) is 4.74 Å². The maximum absolute atomic E-state index is 12.2. The summed E-state index contributed by atoms with van der Waals surface area (Å²) >= 11 is 3.57. The van der Waals surface area contributed by atoms with Gasteiger partial charge in [-0.25, -0.2) is 0 Å². The van der Waals surface area contributed by atoms with Crippen molar-refractivity contribution in [3.8, 4) is 11.5 Å². The van der Waals surface area contributed by atoms with Crippen LogP contribution in [-0.2, 0) is 0 Å². The molecule has 2 unspecified atom stereocenters. The first-order valence-electron chi connectivity index (χ1n) is 7.37. The molecule has 1 aromatic rings. The van der Waals surface area contributed by atoms with Crippen LogP contribution in [0.25, 0.3) is 0 Å². The van der Waals surface area contributed by atoms with Gasteiger partial charge < -0.3 is 15.2 Å². The molecule has 5 heteroatoms. The molecule has 116 valence electrons. The summed E-state index contributed by atoms with van der Waals surface area (Å²) in [6.07, 6.45) is 4.93. The number of carbonyl (C=O) groups is 1. The number of ether oxygens (including phenoxy) is 1. The van der Waals surface area contributed by atoms with Gasteiger partial charge in [0.1, 0.15) is 0 Å². The molecule has 0 heterocycles. The highest BCUT2D eigenvalue weighted by Gasteiger charge is 2.24. The third-order valence-electron chi connectivity index (χ3n) is 4.23. The van der Waals surface area contributed by atoms with E-state index in [1.165, 1.54) is 38.9 Å². The van der Waals surface area contributed by atoms with Crippen LogP contribution in [0.1, 0.15) is 36.0 Å². The Labute approximate surface area is 134 Å². The van der Waals surface area contributed by atoms with Gasteiger partial charge in [-0.3, -0.25) is 4.79 Å². The summed E-state index contributed by atoms with van der Waals surface area (Å²) < 4.78 is 4.98. The number of carbonyl (C=O) groups excluding carboxylic acids is 1. The summed E-state index contributed by atoms with van der Waals surface area (Å²) in [6, 6.07) is 4.71. The van der Waals surface area contributed by atoms with Gasteiger partial charge in [-0.05, 0) is 42.9 Å². The number of hydrogen-bond donors (Lipinski definition) is 2. The first kappa shape index (κ1) is 16.1. The van der Waals surface area contributed by atoms with Crippen molar-refractivity contribution in [1.29, 1.82) is 0 Å². The molecule has 0 aliphatic heterocycles. The number of rotatable bonds is 5. The molecule has 0 bridgehead atoms. The lowest BCUT2D eigenvalue weighted by Gasteiger charge is -2.30. The molecule has 0 saturated heterocycles. The highest BCUT2D eigenvalue weighted by atomic mass is 79.9. The molecule has 0 radical (unpaired) electrons. The maximum Gasteiger partial charge on any atom is 0.251 e. The van der Waals surface area contributed by atoms with Gasteiger partial charge in [-0.1, -0.05) is 28.8 Å². The molecule has 1 amide bonds. The molecule has 1 fully saturated rings. The van der Waals surface area contributed by atoms with Crippen LogP contribution in [0.5, 0.6) is 11.5 Å². The number of nitrogens with one attached hydrogen (secondary N) is 1. The predicted octanol–water partition coefficient (Wildman–Crippen LogP) is 3.33. The molecule has 2 rings (SSSR count). The lowest BCUT2D eigenvalue weighted by atomic mass is 9.80. The van der Waals surface area contributed by atoms with Crippen LogP contribution >= 0.6 is 15.9 Å². The van der Waals surface area contributed by atoms with Crippen molar-refractivity contribution in [2.75, 3.05) is 19.0 Å². The van der Waals surface area contributed by atoms with Crippen LogP contribution in [0.15, 0.2) is 18.2 Å². The quantitative estimate of drug-likeness (QED) is 0.796. The molecule has 0 aromatic heterocycles. The van der Waals surface area contributed by atoms with Crippen LogP contribution in [0.3, 0.4) is 0 Å². The van der Waals surface area contributed by atoms with E-state index in [1.807, 2.05) is 0 Å². The molecule has 1 saturated carbocycles. The van der Waals surface area contributed by atoms with Gasteiger partial charge >= 0.3 is 0 Å². The Morgan fingerprint density at radius 2 is 2.10 bits per heavy atom. The standard InChI is InChI=1S/C16H22BrNO3/c1-21-15-7-6-11(8-14(15)19)16(20)18-10-13-5-3-2-4-12(13)9-17/h6-8,12-13,19H,2-5,9-10H2,1H3,(H,18,20). The van der Waals surface area contributed by atoms with Crippen molar-refractivity contribution >= 4 is 21.8 Å². The topological polar surface area (TPSA) is 58.6 Å². The molecule has 2 N–H and O–H groups in total. The van der Waals surface area contributed by atoms with E-state index in [0.29, 0.717) is 29.7 Å². The minimum atomic E-state index is -0.146. The van der Waals surface area contributed by atoms with E-state index >= 15 is 0 Å². The summed E-state index contributed by atoms with van der Waals surface area (Å²) in [4.78, 5) is 12.2. The zero-order valence-corrected chi connectivity index (χ0v) is 13.9. The normalized spacial score (nSPS) is 21.8. The van der Waals surface area contributed by atoms with E-state index in [0.717, 1.165) is 5.33 Å². The van der Waals surface area contributed by atoms with Crippen LogP contribution in [0, 0.1) is 11.8 Å². The van der Waals surface area contributed by atoms with Crippen molar-refractivity contribution in [2.24, 2.45) is 11.8 Å². The number of benzene rings is 1. The van der Waals surface area contributed by atoms with Crippen LogP contribution in [0.2, 0.25) is 0 Å². The zero-order chi connectivity index (χ0) is 15.2. The van der Waals surface area contributed by atoms with E-state index < -0.39 is 0 Å². The lowest BCUT2D eigenvalue weighted by Crippen LogP contribution is -2.34. The molecule has 21 heavy (non-hydrogen) atoms. The molecule has 0 spiro atoms. The Bertz CT molecular complexity index is 492. The third kappa shape index (κ3) is 4.13. The maximum atomic E-state index is 12.2. The summed E-state index contributed by atoms with van der Waals surface area (Å²) in [6.45, 7) is 0.696. The van der Waals surface area contributed by atoms with Gasteiger partial charge in [0, 0.05) is 17.4 Å². The van der Waals surface area contributed by atoms with Gasteiger partial charge in [0.05, 0.1) is 7.11 Å². The lowest BCUT2D eigenvalue weighted by molar-refractivity contribution is 0.0936. The van der Waals surface area contributed by atoms with Crippen LogP contribution in [-0.4, -0.2) is 30.0 Å². The minimum absolute atomic E-state index is 0.0128. The van der Waals surface area contributed by atoms with Crippen LogP contribution < -0.4 is 10.1 Å². The second-order valence-electron chi connectivity index (χ2n) is 5.56. The number of halogens is 1. The predicted molar refractivity (Wildman–Crippen MR) is 86.2 cm³/mol. The highest BCUT2D eigenvalue weighted by molar-refractivity contribution is 9.09. The Hall–Kier alpha value is -1.23. The van der Waals surface area contributed by atoms with E-state index in [2.05, 4.69) is 21.2 Å². The molecule has 1 aliphatic carbocycles. The molecule has 1 aromatic carbocycles. The number of amides is 1. The summed E-state index contributed by atoms with van der Waals surface area (Å²) in [5, 5.41) is 13.7. The summed E-state index contributed by atoms with van der Waals surface area (Å²) in [7, 11) is 1.48.